The van der Waals surface area contributed by atoms with Crippen molar-refractivity contribution in [2.75, 3.05) is 6.54 Å². The molecule has 20 heavy (non-hydrogen) atoms. The van der Waals surface area contributed by atoms with Crippen molar-refractivity contribution in [2.24, 2.45) is 0 Å². The topological polar surface area (TPSA) is 64.1 Å². The molecule has 1 saturated heterocycles. The molecule has 5 heteroatoms. The van der Waals surface area contributed by atoms with Gasteiger partial charge < -0.3 is 14.3 Å². The molecule has 1 aromatic carbocycles. The first-order valence-corrected chi connectivity index (χ1v) is 6.95. The van der Waals surface area contributed by atoms with E-state index in [2.05, 4.69) is 15.5 Å². The Hall–Kier alpha value is -2.14. The van der Waals surface area contributed by atoms with E-state index >= 15 is 0 Å². The summed E-state index contributed by atoms with van der Waals surface area (Å²) in [5.74, 6) is 1.27. The Labute approximate surface area is 116 Å². The number of hydrogen-bond donors (Lipinski definition) is 1. The van der Waals surface area contributed by atoms with E-state index in [0.717, 1.165) is 29.5 Å². The molecule has 3 aromatic rings. The van der Waals surface area contributed by atoms with E-state index in [0.29, 0.717) is 11.7 Å². The van der Waals surface area contributed by atoms with Crippen molar-refractivity contribution >= 4 is 11.0 Å². The van der Waals surface area contributed by atoms with E-state index in [1.165, 1.54) is 12.8 Å². The van der Waals surface area contributed by atoms with Crippen LogP contribution in [-0.4, -0.2) is 16.7 Å². The number of rotatable bonds is 2. The lowest BCUT2D eigenvalue weighted by molar-refractivity contribution is 0.297. The fourth-order valence-electron chi connectivity index (χ4n) is 2.70. The number of piperidine rings is 1. The minimum atomic E-state index is 0.183. The Kier molecular flexibility index (Phi) is 2.77. The van der Waals surface area contributed by atoms with Crippen LogP contribution in [0.4, 0.5) is 0 Å². The van der Waals surface area contributed by atoms with Gasteiger partial charge in [-0.25, -0.2) is 0 Å². The second-order valence-electron chi connectivity index (χ2n) is 5.10. The van der Waals surface area contributed by atoms with Gasteiger partial charge in [0.1, 0.15) is 11.8 Å². The molecular weight excluding hydrogens is 254 g/mol. The van der Waals surface area contributed by atoms with Crippen molar-refractivity contribution in [1.29, 1.82) is 0 Å². The van der Waals surface area contributed by atoms with E-state index in [1.807, 2.05) is 24.3 Å². The molecule has 0 bridgehead atoms. The monoisotopic (exact) mass is 269 g/mol. The number of benzene rings is 1. The lowest BCUT2D eigenvalue weighted by atomic mass is 10.1. The predicted octanol–water partition coefficient (Wildman–Crippen LogP) is 3.30. The van der Waals surface area contributed by atoms with E-state index in [9.17, 15) is 0 Å². The number of nitrogens with one attached hydrogen (secondary N) is 1. The molecule has 1 N–H and O–H groups in total. The molecule has 5 nitrogen and oxygen atoms in total. The molecule has 0 saturated carbocycles. The number of aromatic nitrogens is 2. The molecule has 1 atom stereocenters. The Morgan fingerprint density at radius 2 is 2.15 bits per heavy atom. The molecule has 1 unspecified atom stereocenters. The third kappa shape index (κ3) is 1.91. The fourth-order valence-corrected chi connectivity index (χ4v) is 2.70. The van der Waals surface area contributed by atoms with Crippen molar-refractivity contribution in [3.05, 3.63) is 36.4 Å². The summed E-state index contributed by atoms with van der Waals surface area (Å²) in [7, 11) is 0. The fraction of sp³-hybridized carbons (Fsp3) is 0.333. The van der Waals surface area contributed by atoms with Crippen molar-refractivity contribution in [3.8, 4) is 11.4 Å². The zero-order valence-corrected chi connectivity index (χ0v) is 11.0. The second kappa shape index (κ2) is 4.76. The Bertz CT molecular complexity index is 725. The van der Waals surface area contributed by atoms with Gasteiger partial charge in [-0.15, -0.1) is 0 Å². The van der Waals surface area contributed by atoms with Gasteiger partial charge in [-0.05, 0) is 25.5 Å². The number of nitrogens with zero attached hydrogens (tertiary/aromatic N) is 2. The summed E-state index contributed by atoms with van der Waals surface area (Å²) in [6.45, 7) is 1.01. The third-order valence-electron chi connectivity index (χ3n) is 3.77. The van der Waals surface area contributed by atoms with Crippen LogP contribution in [0.15, 0.2) is 39.5 Å². The molecule has 1 fully saturated rings. The van der Waals surface area contributed by atoms with Crippen molar-refractivity contribution in [2.45, 2.75) is 25.3 Å². The minimum Gasteiger partial charge on any atom is -0.464 e. The highest BCUT2D eigenvalue weighted by Crippen LogP contribution is 2.30. The van der Waals surface area contributed by atoms with Crippen molar-refractivity contribution in [1.82, 2.24) is 15.5 Å². The van der Waals surface area contributed by atoms with Gasteiger partial charge in [-0.1, -0.05) is 29.8 Å². The predicted molar refractivity (Wildman–Crippen MR) is 74.1 cm³/mol. The highest BCUT2D eigenvalue weighted by atomic mass is 16.5. The summed E-state index contributed by atoms with van der Waals surface area (Å²) < 4.78 is 10.9. The number of para-hydroxylation sites is 1. The normalized spacial score (nSPS) is 19.5. The van der Waals surface area contributed by atoms with Gasteiger partial charge in [0.25, 0.3) is 0 Å². The Balaban J connectivity index is 1.70. The molecule has 1 aliphatic heterocycles. The zero-order valence-electron chi connectivity index (χ0n) is 11.0. The molecule has 1 aliphatic rings. The Morgan fingerprint density at radius 1 is 1.20 bits per heavy atom. The summed E-state index contributed by atoms with van der Waals surface area (Å²) in [5, 5.41) is 8.52. The van der Waals surface area contributed by atoms with Crippen LogP contribution in [0, 0.1) is 0 Å². The maximum Gasteiger partial charge on any atom is 0.244 e. The van der Waals surface area contributed by atoms with Crippen LogP contribution in [-0.2, 0) is 0 Å². The van der Waals surface area contributed by atoms with Crippen molar-refractivity contribution in [3.63, 3.8) is 0 Å². The number of hydrogen-bond acceptors (Lipinski definition) is 5. The minimum absolute atomic E-state index is 0.183. The van der Waals surface area contributed by atoms with Gasteiger partial charge in [0.2, 0.25) is 11.7 Å². The average Bonchev–Trinajstić information content (AvgIpc) is 3.14. The molecule has 0 amide bonds. The summed E-state index contributed by atoms with van der Waals surface area (Å²) >= 11 is 0. The summed E-state index contributed by atoms with van der Waals surface area (Å²) in [5.41, 5.74) is 1.72. The van der Waals surface area contributed by atoms with Crippen LogP contribution in [0.1, 0.15) is 31.2 Å². The maximum atomic E-state index is 5.52. The van der Waals surface area contributed by atoms with Gasteiger partial charge >= 0.3 is 0 Å². The molecule has 3 heterocycles. The molecular formula is C15H15N3O2. The van der Waals surface area contributed by atoms with Crippen LogP contribution in [0.2, 0.25) is 0 Å². The second-order valence-corrected chi connectivity index (χ2v) is 5.10. The van der Waals surface area contributed by atoms with Gasteiger partial charge in [0.05, 0.1) is 11.6 Å². The molecule has 0 spiro atoms. The van der Waals surface area contributed by atoms with E-state index in [-0.39, 0.29) is 6.04 Å². The third-order valence-corrected chi connectivity index (χ3v) is 3.77. The summed E-state index contributed by atoms with van der Waals surface area (Å²) in [6.07, 6.45) is 5.15. The molecule has 2 aromatic heterocycles. The lowest BCUT2D eigenvalue weighted by Gasteiger charge is -2.19. The standard InChI is InChI=1S/C15H15N3O2/c1-2-7-13-10(5-1)11(9-19-13)14-17-15(20-18-14)12-6-3-4-8-16-12/h1-2,5,7,9,12,16H,3-4,6,8H2. The maximum absolute atomic E-state index is 5.52. The number of furan rings is 1. The first-order valence-electron chi connectivity index (χ1n) is 6.95. The van der Waals surface area contributed by atoms with E-state index in [4.69, 9.17) is 8.94 Å². The first-order chi connectivity index (χ1) is 9.92. The van der Waals surface area contributed by atoms with Gasteiger partial charge in [0.15, 0.2) is 0 Å². The quantitative estimate of drug-likeness (QED) is 0.773. The smallest absolute Gasteiger partial charge is 0.244 e. The Morgan fingerprint density at radius 3 is 3.05 bits per heavy atom. The summed E-state index contributed by atoms with van der Waals surface area (Å²) in [4.78, 5) is 4.53. The van der Waals surface area contributed by atoms with Crippen LogP contribution in [0.3, 0.4) is 0 Å². The molecule has 0 aliphatic carbocycles. The van der Waals surface area contributed by atoms with Gasteiger partial charge in [-0.2, -0.15) is 4.98 Å². The summed E-state index contributed by atoms with van der Waals surface area (Å²) in [6, 6.07) is 8.04. The SMILES string of the molecule is c1ccc2c(-c3noc(C4CCCCN4)n3)coc2c1. The lowest BCUT2D eigenvalue weighted by Crippen LogP contribution is -2.26. The highest BCUT2D eigenvalue weighted by molar-refractivity contribution is 5.91. The van der Waals surface area contributed by atoms with Gasteiger partial charge in [-0.3, -0.25) is 0 Å². The highest BCUT2D eigenvalue weighted by Gasteiger charge is 2.22. The van der Waals surface area contributed by atoms with E-state index < -0.39 is 0 Å². The van der Waals surface area contributed by atoms with Crippen LogP contribution in [0.5, 0.6) is 0 Å². The first kappa shape index (κ1) is 11.7. The largest absolute Gasteiger partial charge is 0.464 e. The van der Waals surface area contributed by atoms with Gasteiger partial charge in [0, 0.05) is 5.39 Å². The average molecular weight is 269 g/mol. The molecule has 0 radical (unpaired) electrons. The molecule has 4 rings (SSSR count). The van der Waals surface area contributed by atoms with Crippen LogP contribution < -0.4 is 5.32 Å². The zero-order chi connectivity index (χ0) is 13.4. The van der Waals surface area contributed by atoms with Crippen molar-refractivity contribution < 1.29 is 8.94 Å². The van der Waals surface area contributed by atoms with E-state index in [1.54, 1.807) is 6.26 Å². The van der Waals surface area contributed by atoms with Crippen LogP contribution in [0.25, 0.3) is 22.4 Å². The molecule has 102 valence electrons. The van der Waals surface area contributed by atoms with Crippen LogP contribution >= 0.6 is 0 Å². The number of fused-ring (bicyclic) bond motifs is 1.